The molecule has 0 radical (unpaired) electrons. The summed E-state index contributed by atoms with van der Waals surface area (Å²) in [4.78, 5) is 10.9. The number of rotatable bonds is 2. The number of ether oxygens (including phenoxy) is 1. The monoisotopic (exact) mass is 232 g/mol. The van der Waals surface area contributed by atoms with E-state index in [1.165, 1.54) is 5.56 Å². The van der Waals surface area contributed by atoms with Crippen LogP contribution in [0.2, 0.25) is 0 Å². The van der Waals surface area contributed by atoms with E-state index in [0.717, 1.165) is 11.3 Å². The number of Topliss-reactive ketones (excluding diaryl/α,β-unsaturated/α-hetero) is 1. The molecule has 1 aliphatic carbocycles. The lowest BCUT2D eigenvalue weighted by Gasteiger charge is -2.27. The van der Waals surface area contributed by atoms with Crippen molar-refractivity contribution < 1.29 is 9.53 Å². The molecule has 2 nitrogen and oxygen atoms in total. The van der Waals surface area contributed by atoms with E-state index in [4.69, 9.17) is 4.74 Å². The van der Waals surface area contributed by atoms with E-state index in [1.807, 2.05) is 6.07 Å². The lowest BCUT2D eigenvalue weighted by molar-refractivity contribution is -0.129. The second kappa shape index (κ2) is 4.17. The second-order valence-electron chi connectivity index (χ2n) is 5.92. The van der Waals surface area contributed by atoms with Crippen LogP contribution in [-0.4, -0.2) is 11.9 Å². The van der Waals surface area contributed by atoms with Crippen molar-refractivity contribution in [3.63, 3.8) is 0 Å². The van der Waals surface area contributed by atoms with Crippen LogP contribution >= 0.6 is 0 Å². The van der Waals surface area contributed by atoms with Crippen LogP contribution in [0, 0.1) is 6.92 Å². The quantitative estimate of drug-likeness (QED) is 0.781. The summed E-state index contributed by atoms with van der Waals surface area (Å²) in [5.41, 5.74) is 2.62. The minimum Gasteiger partial charge on any atom is -0.489 e. The second-order valence-corrected chi connectivity index (χ2v) is 5.92. The van der Waals surface area contributed by atoms with Crippen LogP contribution in [0.5, 0.6) is 5.75 Å². The number of benzene rings is 1. The molecule has 1 fully saturated rings. The van der Waals surface area contributed by atoms with Gasteiger partial charge in [0.1, 0.15) is 17.6 Å². The van der Waals surface area contributed by atoms with Gasteiger partial charge in [-0.1, -0.05) is 32.9 Å². The third-order valence-corrected chi connectivity index (χ3v) is 3.25. The van der Waals surface area contributed by atoms with Crippen LogP contribution < -0.4 is 4.74 Å². The largest absolute Gasteiger partial charge is 0.489 e. The topological polar surface area (TPSA) is 26.3 Å². The molecule has 1 aliphatic rings. The lowest BCUT2D eigenvalue weighted by Crippen LogP contribution is -2.33. The highest BCUT2D eigenvalue weighted by molar-refractivity contribution is 5.85. The highest BCUT2D eigenvalue weighted by atomic mass is 16.5. The number of hydrogen-bond donors (Lipinski definition) is 0. The van der Waals surface area contributed by atoms with Gasteiger partial charge < -0.3 is 4.74 Å². The van der Waals surface area contributed by atoms with Crippen molar-refractivity contribution >= 4 is 5.78 Å². The van der Waals surface area contributed by atoms with Gasteiger partial charge in [-0.3, -0.25) is 4.79 Å². The summed E-state index contributed by atoms with van der Waals surface area (Å²) in [6, 6.07) is 6.32. The summed E-state index contributed by atoms with van der Waals surface area (Å²) in [6.45, 7) is 8.66. The number of aryl methyl sites for hydroxylation is 1. The van der Waals surface area contributed by atoms with Gasteiger partial charge in [-0.2, -0.15) is 0 Å². The van der Waals surface area contributed by atoms with Crippen LogP contribution in [0.25, 0.3) is 0 Å². The molecule has 0 amide bonds. The van der Waals surface area contributed by atoms with Gasteiger partial charge in [0, 0.05) is 12.8 Å². The standard InChI is InChI=1S/C15H20O2/c1-10-7-11(15(2,3)4)5-6-14(10)17-13-8-12(16)9-13/h5-7,13H,8-9H2,1-4H3. The summed E-state index contributed by atoms with van der Waals surface area (Å²) in [5, 5.41) is 0. The molecule has 1 saturated carbocycles. The third kappa shape index (κ3) is 2.68. The van der Waals surface area contributed by atoms with Gasteiger partial charge in [0.05, 0.1) is 0 Å². The Morgan fingerprint density at radius 1 is 1.24 bits per heavy atom. The highest BCUT2D eigenvalue weighted by Crippen LogP contribution is 2.30. The molecule has 0 bridgehead atoms. The predicted molar refractivity (Wildman–Crippen MR) is 68.5 cm³/mol. The molecule has 0 saturated heterocycles. The first-order valence-electron chi connectivity index (χ1n) is 6.16. The molecular formula is C15H20O2. The predicted octanol–water partition coefficient (Wildman–Crippen LogP) is 3.40. The Morgan fingerprint density at radius 2 is 1.88 bits per heavy atom. The summed E-state index contributed by atoms with van der Waals surface area (Å²) in [6.07, 6.45) is 1.24. The zero-order valence-corrected chi connectivity index (χ0v) is 11.0. The fourth-order valence-electron chi connectivity index (χ4n) is 1.96. The molecule has 0 aliphatic heterocycles. The van der Waals surface area contributed by atoms with Crippen molar-refractivity contribution in [1.82, 2.24) is 0 Å². The van der Waals surface area contributed by atoms with Crippen molar-refractivity contribution in [2.45, 2.75) is 52.1 Å². The van der Waals surface area contributed by atoms with Gasteiger partial charge in [0.15, 0.2) is 0 Å². The Morgan fingerprint density at radius 3 is 2.35 bits per heavy atom. The molecule has 1 aromatic carbocycles. The van der Waals surface area contributed by atoms with Crippen molar-refractivity contribution in [3.05, 3.63) is 29.3 Å². The van der Waals surface area contributed by atoms with E-state index in [-0.39, 0.29) is 11.5 Å². The summed E-state index contributed by atoms with van der Waals surface area (Å²) in [7, 11) is 0. The van der Waals surface area contributed by atoms with Crippen molar-refractivity contribution in [3.8, 4) is 5.75 Å². The normalized spacial score (nSPS) is 16.8. The smallest absolute Gasteiger partial charge is 0.140 e. The first kappa shape index (κ1) is 12.2. The molecule has 2 rings (SSSR count). The molecule has 0 spiro atoms. The van der Waals surface area contributed by atoms with E-state index in [2.05, 4.69) is 39.8 Å². The average molecular weight is 232 g/mol. The number of carbonyl (C=O) groups excluding carboxylic acids is 1. The fourth-order valence-corrected chi connectivity index (χ4v) is 1.96. The lowest BCUT2D eigenvalue weighted by atomic mass is 9.86. The molecule has 92 valence electrons. The Bertz CT molecular complexity index is 433. The minimum absolute atomic E-state index is 0.0988. The van der Waals surface area contributed by atoms with Gasteiger partial charge >= 0.3 is 0 Å². The first-order chi connectivity index (χ1) is 7.86. The van der Waals surface area contributed by atoms with Crippen molar-refractivity contribution in [1.29, 1.82) is 0 Å². The Balaban J connectivity index is 2.12. The van der Waals surface area contributed by atoms with E-state index in [1.54, 1.807) is 0 Å². The van der Waals surface area contributed by atoms with Crippen LogP contribution in [0.3, 0.4) is 0 Å². The Kier molecular flexibility index (Phi) is 2.98. The maximum absolute atomic E-state index is 10.9. The van der Waals surface area contributed by atoms with Crippen LogP contribution in [0.1, 0.15) is 44.7 Å². The number of ketones is 1. The van der Waals surface area contributed by atoms with E-state index < -0.39 is 0 Å². The van der Waals surface area contributed by atoms with E-state index in [0.29, 0.717) is 18.6 Å². The molecule has 0 atom stereocenters. The molecule has 2 heteroatoms. The maximum atomic E-state index is 10.9. The Hall–Kier alpha value is -1.31. The third-order valence-electron chi connectivity index (χ3n) is 3.25. The van der Waals surface area contributed by atoms with Gasteiger partial charge in [0.25, 0.3) is 0 Å². The van der Waals surface area contributed by atoms with Crippen LogP contribution in [0.15, 0.2) is 18.2 Å². The number of carbonyl (C=O) groups is 1. The zero-order chi connectivity index (χ0) is 12.6. The molecule has 0 N–H and O–H groups in total. The highest BCUT2D eigenvalue weighted by Gasteiger charge is 2.28. The van der Waals surface area contributed by atoms with Crippen molar-refractivity contribution in [2.75, 3.05) is 0 Å². The molecular weight excluding hydrogens is 212 g/mol. The summed E-state index contributed by atoms with van der Waals surface area (Å²) < 4.78 is 5.80. The average Bonchev–Trinajstić information content (AvgIpc) is 2.16. The van der Waals surface area contributed by atoms with Gasteiger partial charge in [-0.15, -0.1) is 0 Å². The van der Waals surface area contributed by atoms with E-state index in [9.17, 15) is 4.79 Å². The minimum atomic E-state index is 0.0988. The van der Waals surface area contributed by atoms with Crippen LogP contribution in [0.4, 0.5) is 0 Å². The van der Waals surface area contributed by atoms with Crippen LogP contribution in [-0.2, 0) is 10.2 Å². The molecule has 17 heavy (non-hydrogen) atoms. The molecule has 1 aromatic rings. The Labute approximate surface area is 103 Å². The SMILES string of the molecule is Cc1cc(C(C)(C)C)ccc1OC1CC(=O)C1. The van der Waals surface area contributed by atoms with Gasteiger partial charge in [-0.05, 0) is 29.5 Å². The van der Waals surface area contributed by atoms with Crippen molar-refractivity contribution in [2.24, 2.45) is 0 Å². The fraction of sp³-hybridized carbons (Fsp3) is 0.533. The zero-order valence-electron chi connectivity index (χ0n) is 11.0. The summed E-state index contributed by atoms with van der Waals surface area (Å²) >= 11 is 0. The summed E-state index contributed by atoms with van der Waals surface area (Å²) in [5.74, 6) is 1.22. The van der Waals surface area contributed by atoms with Gasteiger partial charge in [0.2, 0.25) is 0 Å². The number of hydrogen-bond acceptors (Lipinski definition) is 2. The molecule has 0 unspecified atom stereocenters. The first-order valence-corrected chi connectivity index (χ1v) is 6.16. The van der Waals surface area contributed by atoms with E-state index >= 15 is 0 Å². The molecule has 0 aromatic heterocycles. The van der Waals surface area contributed by atoms with Gasteiger partial charge in [-0.25, -0.2) is 0 Å². The maximum Gasteiger partial charge on any atom is 0.140 e. The molecule has 0 heterocycles.